The van der Waals surface area contributed by atoms with Gasteiger partial charge in [-0.25, -0.2) is 0 Å². The summed E-state index contributed by atoms with van der Waals surface area (Å²) in [6, 6.07) is 14.7. The lowest BCUT2D eigenvalue weighted by atomic mass is 9.96. The normalized spacial score (nSPS) is 15.3. The van der Waals surface area contributed by atoms with E-state index in [0.717, 1.165) is 49.9 Å². The van der Waals surface area contributed by atoms with Gasteiger partial charge < -0.3 is 10.2 Å². The number of hydrogen-bond donors (Lipinski definition) is 1. The molecule has 0 spiro atoms. The molecule has 0 amide bonds. The molecule has 1 N–H and O–H groups in total. The van der Waals surface area contributed by atoms with E-state index in [-0.39, 0.29) is 5.41 Å². The third kappa shape index (κ3) is 3.95. The van der Waals surface area contributed by atoms with Crippen LogP contribution < -0.4 is 10.2 Å². The Bertz CT molecular complexity index is 890. The van der Waals surface area contributed by atoms with Crippen molar-refractivity contribution in [3.63, 3.8) is 0 Å². The first-order chi connectivity index (χ1) is 13.0. The fourth-order valence-electron chi connectivity index (χ4n) is 3.49. The number of hydrogen-bond acceptors (Lipinski definition) is 5. The molecule has 1 aliphatic rings. The predicted octanol–water partition coefficient (Wildman–Crippen LogP) is 2.69. The van der Waals surface area contributed by atoms with Gasteiger partial charge in [0.05, 0.1) is 0 Å². The Balaban J connectivity index is 1.29. The van der Waals surface area contributed by atoms with Gasteiger partial charge in [0.1, 0.15) is 5.82 Å². The average molecular weight is 364 g/mol. The number of benzene rings is 1. The zero-order valence-corrected chi connectivity index (χ0v) is 16.4. The highest BCUT2D eigenvalue weighted by Gasteiger charge is 2.28. The molecule has 6 heteroatoms. The SMILES string of the molecule is CC(C)(C)c1nnc2ccc(N3CC(CNCCc4ccccc4)C3)nn12. The minimum atomic E-state index is -0.0782. The number of nitrogens with one attached hydrogen (secondary N) is 1. The van der Waals surface area contributed by atoms with Crippen LogP contribution in [0.4, 0.5) is 5.82 Å². The van der Waals surface area contributed by atoms with Crippen molar-refractivity contribution in [3.05, 3.63) is 53.9 Å². The van der Waals surface area contributed by atoms with Crippen LogP contribution in [0.3, 0.4) is 0 Å². The largest absolute Gasteiger partial charge is 0.354 e. The van der Waals surface area contributed by atoms with Crippen molar-refractivity contribution in [2.75, 3.05) is 31.1 Å². The lowest BCUT2D eigenvalue weighted by Gasteiger charge is -2.40. The zero-order valence-electron chi connectivity index (χ0n) is 16.4. The molecule has 4 rings (SSSR count). The lowest BCUT2D eigenvalue weighted by molar-refractivity contribution is 0.382. The van der Waals surface area contributed by atoms with Crippen molar-refractivity contribution in [2.24, 2.45) is 5.92 Å². The number of aromatic nitrogens is 4. The van der Waals surface area contributed by atoms with Gasteiger partial charge in [-0.3, -0.25) is 0 Å². The van der Waals surface area contributed by atoms with Gasteiger partial charge in [0, 0.05) is 31.0 Å². The number of anilines is 1. The highest BCUT2D eigenvalue weighted by molar-refractivity contribution is 5.47. The topological polar surface area (TPSA) is 58.4 Å². The summed E-state index contributed by atoms with van der Waals surface area (Å²) in [5.74, 6) is 2.59. The summed E-state index contributed by atoms with van der Waals surface area (Å²) in [6.45, 7) is 10.6. The van der Waals surface area contributed by atoms with Crippen molar-refractivity contribution in [1.29, 1.82) is 0 Å². The minimum absolute atomic E-state index is 0.0782. The maximum absolute atomic E-state index is 4.79. The molecule has 0 bridgehead atoms. The molecule has 6 nitrogen and oxygen atoms in total. The molecule has 3 heterocycles. The second-order valence-electron chi connectivity index (χ2n) is 8.45. The van der Waals surface area contributed by atoms with Crippen molar-refractivity contribution >= 4 is 11.5 Å². The second kappa shape index (κ2) is 7.27. The van der Waals surface area contributed by atoms with Crippen LogP contribution in [0.15, 0.2) is 42.5 Å². The van der Waals surface area contributed by atoms with E-state index in [9.17, 15) is 0 Å². The number of rotatable bonds is 6. The Morgan fingerprint density at radius 3 is 2.56 bits per heavy atom. The Morgan fingerprint density at radius 2 is 1.81 bits per heavy atom. The minimum Gasteiger partial charge on any atom is -0.354 e. The summed E-state index contributed by atoms with van der Waals surface area (Å²) < 4.78 is 1.89. The highest BCUT2D eigenvalue weighted by atomic mass is 15.4. The maximum Gasteiger partial charge on any atom is 0.178 e. The van der Waals surface area contributed by atoms with E-state index in [0.29, 0.717) is 5.92 Å². The van der Waals surface area contributed by atoms with Gasteiger partial charge in [0.2, 0.25) is 0 Å². The summed E-state index contributed by atoms with van der Waals surface area (Å²) in [7, 11) is 0. The standard InChI is InChI=1S/C21H28N6/c1-21(2,3)20-24-23-18-9-10-19(25-27(18)20)26-14-17(15-26)13-22-12-11-16-7-5-4-6-8-16/h4-10,17,22H,11-15H2,1-3H3. The van der Waals surface area contributed by atoms with Crippen LogP contribution in [0.25, 0.3) is 5.65 Å². The van der Waals surface area contributed by atoms with E-state index in [4.69, 9.17) is 5.10 Å². The molecular formula is C21H28N6. The molecule has 142 valence electrons. The highest BCUT2D eigenvalue weighted by Crippen LogP contribution is 2.25. The van der Waals surface area contributed by atoms with Gasteiger partial charge in [-0.1, -0.05) is 51.1 Å². The third-order valence-corrected chi connectivity index (χ3v) is 5.07. The molecule has 2 aromatic heterocycles. The first-order valence-electron chi connectivity index (χ1n) is 9.73. The molecular weight excluding hydrogens is 336 g/mol. The van der Waals surface area contributed by atoms with Crippen molar-refractivity contribution in [3.8, 4) is 0 Å². The summed E-state index contributed by atoms with van der Waals surface area (Å²) in [4.78, 5) is 2.33. The fraction of sp³-hybridized carbons (Fsp3) is 0.476. The van der Waals surface area contributed by atoms with Crippen molar-refractivity contribution < 1.29 is 0 Å². The Labute approximate surface area is 160 Å². The van der Waals surface area contributed by atoms with E-state index < -0.39 is 0 Å². The molecule has 0 saturated carbocycles. The average Bonchev–Trinajstić information content (AvgIpc) is 3.04. The van der Waals surface area contributed by atoms with E-state index in [1.54, 1.807) is 0 Å². The fourth-order valence-corrected chi connectivity index (χ4v) is 3.49. The van der Waals surface area contributed by atoms with Crippen LogP contribution in [-0.2, 0) is 11.8 Å². The van der Waals surface area contributed by atoms with Crippen LogP contribution in [0, 0.1) is 5.92 Å². The summed E-state index contributed by atoms with van der Waals surface area (Å²) >= 11 is 0. The van der Waals surface area contributed by atoms with E-state index in [1.807, 2.05) is 10.6 Å². The quantitative estimate of drug-likeness (QED) is 0.682. The lowest BCUT2D eigenvalue weighted by Crippen LogP contribution is -2.51. The Morgan fingerprint density at radius 1 is 1.04 bits per heavy atom. The summed E-state index contributed by atoms with van der Waals surface area (Å²) in [6.07, 6.45) is 1.08. The first kappa shape index (κ1) is 17.9. The molecule has 0 radical (unpaired) electrons. The van der Waals surface area contributed by atoms with E-state index in [2.05, 4.69) is 77.6 Å². The van der Waals surface area contributed by atoms with Gasteiger partial charge in [-0.05, 0) is 30.7 Å². The Kier molecular flexibility index (Phi) is 4.83. The van der Waals surface area contributed by atoms with Crippen LogP contribution in [-0.4, -0.2) is 46.0 Å². The second-order valence-corrected chi connectivity index (χ2v) is 8.45. The summed E-state index contributed by atoms with van der Waals surface area (Å²) in [5, 5.41) is 16.9. The molecule has 1 aromatic carbocycles. The summed E-state index contributed by atoms with van der Waals surface area (Å²) in [5.41, 5.74) is 2.12. The van der Waals surface area contributed by atoms with Crippen LogP contribution in [0.2, 0.25) is 0 Å². The van der Waals surface area contributed by atoms with Crippen LogP contribution in [0.1, 0.15) is 32.2 Å². The predicted molar refractivity (Wildman–Crippen MR) is 108 cm³/mol. The third-order valence-electron chi connectivity index (χ3n) is 5.07. The van der Waals surface area contributed by atoms with Crippen LogP contribution >= 0.6 is 0 Å². The van der Waals surface area contributed by atoms with Gasteiger partial charge in [-0.15, -0.1) is 15.3 Å². The molecule has 27 heavy (non-hydrogen) atoms. The van der Waals surface area contributed by atoms with Gasteiger partial charge in [0.25, 0.3) is 0 Å². The van der Waals surface area contributed by atoms with Gasteiger partial charge in [0.15, 0.2) is 11.5 Å². The van der Waals surface area contributed by atoms with Crippen molar-refractivity contribution in [2.45, 2.75) is 32.6 Å². The molecule has 1 saturated heterocycles. The van der Waals surface area contributed by atoms with E-state index in [1.165, 1.54) is 5.56 Å². The smallest absolute Gasteiger partial charge is 0.178 e. The number of nitrogens with zero attached hydrogens (tertiary/aromatic N) is 5. The van der Waals surface area contributed by atoms with Gasteiger partial charge >= 0.3 is 0 Å². The van der Waals surface area contributed by atoms with E-state index >= 15 is 0 Å². The molecule has 0 unspecified atom stereocenters. The zero-order chi connectivity index (χ0) is 18.9. The molecule has 1 aliphatic heterocycles. The first-order valence-corrected chi connectivity index (χ1v) is 9.73. The number of fused-ring (bicyclic) bond motifs is 1. The molecule has 1 fully saturated rings. The monoisotopic (exact) mass is 364 g/mol. The maximum atomic E-state index is 4.79. The van der Waals surface area contributed by atoms with Crippen molar-refractivity contribution in [1.82, 2.24) is 25.1 Å². The Hall–Kier alpha value is -2.47. The molecule has 0 aliphatic carbocycles. The van der Waals surface area contributed by atoms with Crippen LogP contribution in [0.5, 0.6) is 0 Å². The molecule has 3 aromatic rings. The molecule has 0 atom stereocenters. The van der Waals surface area contributed by atoms with Gasteiger partial charge in [-0.2, -0.15) is 4.52 Å².